The zero-order valence-corrected chi connectivity index (χ0v) is 21.5. The zero-order chi connectivity index (χ0) is 25.8. The number of nitro benzene ring substituents is 1. The number of nitrogens with zero attached hydrogens (tertiary/aromatic N) is 3. The van der Waals surface area contributed by atoms with Crippen LogP contribution in [0, 0.1) is 10.1 Å². The van der Waals surface area contributed by atoms with Gasteiger partial charge in [0.2, 0.25) is 0 Å². The van der Waals surface area contributed by atoms with Gasteiger partial charge in [0.15, 0.2) is 4.80 Å². The van der Waals surface area contributed by atoms with Crippen LogP contribution in [0.2, 0.25) is 0 Å². The Morgan fingerprint density at radius 1 is 1.00 bits per heavy atom. The Morgan fingerprint density at radius 3 is 2.63 bits per heavy atom. The van der Waals surface area contributed by atoms with Crippen LogP contribution in [0.15, 0.2) is 98.0 Å². The summed E-state index contributed by atoms with van der Waals surface area (Å²) in [6.07, 6.45) is 3.46. The Balaban J connectivity index is 1.38. The summed E-state index contributed by atoms with van der Waals surface area (Å²) < 4.78 is 8.26. The molecule has 0 fully saturated rings. The van der Waals surface area contributed by atoms with E-state index < -0.39 is 4.92 Å². The molecule has 0 amide bonds. The van der Waals surface area contributed by atoms with Gasteiger partial charge in [-0.2, -0.15) is 0 Å². The quantitative estimate of drug-likeness (QED) is 0.222. The van der Waals surface area contributed by atoms with Crippen molar-refractivity contribution in [3.63, 3.8) is 0 Å². The minimum Gasteiger partial charge on any atom is -0.456 e. The largest absolute Gasteiger partial charge is 0.456 e. The summed E-state index contributed by atoms with van der Waals surface area (Å²) >= 11 is 2.97. The van der Waals surface area contributed by atoms with Gasteiger partial charge in [0, 0.05) is 22.6 Å². The van der Waals surface area contributed by atoms with E-state index in [1.807, 2.05) is 17.5 Å². The first-order chi connectivity index (χ1) is 18.6. The van der Waals surface area contributed by atoms with Crippen LogP contribution in [-0.2, 0) is 6.42 Å². The van der Waals surface area contributed by atoms with E-state index in [4.69, 9.17) is 9.41 Å². The van der Waals surface area contributed by atoms with Crippen LogP contribution in [-0.4, -0.2) is 9.49 Å². The molecule has 7 nitrogen and oxygen atoms in total. The predicted molar refractivity (Wildman–Crippen MR) is 148 cm³/mol. The van der Waals surface area contributed by atoms with E-state index in [2.05, 4.69) is 24.3 Å². The second-order valence-electron chi connectivity index (χ2n) is 9.11. The third-order valence-electron chi connectivity index (χ3n) is 6.95. The molecule has 186 valence electrons. The zero-order valence-electron chi connectivity index (χ0n) is 19.9. The molecule has 5 aromatic rings. The molecular formula is C29H19N3O4S2. The van der Waals surface area contributed by atoms with E-state index in [0.29, 0.717) is 26.4 Å². The van der Waals surface area contributed by atoms with Gasteiger partial charge in [0.25, 0.3) is 11.2 Å². The second-order valence-corrected chi connectivity index (χ2v) is 11.1. The molecule has 0 bridgehead atoms. The van der Waals surface area contributed by atoms with Crippen LogP contribution in [0.5, 0.6) is 0 Å². The van der Waals surface area contributed by atoms with Crippen molar-refractivity contribution in [1.82, 2.24) is 4.57 Å². The lowest BCUT2D eigenvalue weighted by Gasteiger charge is -2.30. The van der Waals surface area contributed by atoms with E-state index in [1.165, 1.54) is 28.5 Å². The first-order valence-electron chi connectivity index (χ1n) is 12.1. The summed E-state index contributed by atoms with van der Waals surface area (Å²) in [5.74, 6) is 0.824. The molecule has 38 heavy (non-hydrogen) atoms. The number of rotatable bonds is 4. The number of aromatic nitrogens is 1. The van der Waals surface area contributed by atoms with Crippen molar-refractivity contribution in [2.45, 2.75) is 18.9 Å². The van der Waals surface area contributed by atoms with Gasteiger partial charge < -0.3 is 4.42 Å². The van der Waals surface area contributed by atoms with E-state index in [9.17, 15) is 14.9 Å². The summed E-state index contributed by atoms with van der Waals surface area (Å²) in [7, 11) is 0. The lowest BCUT2D eigenvalue weighted by molar-refractivity contribution is -0.384. The number of nitro groups is 1. The molecular weight excluding hydrogens is 518 g/mol. The number of para-hydroxylation sites is 1. The minimum atomic E-state index is -0.430. The maximum absolute atomic E-state index is 13.8. The highest BCUT2D eigenvalue weighted by atomic mass is 32.1. The van der Waals surface area contributed by atoms with Crippen LogP contribution in [0.3, 0.4) is 0 Å². The van der Waals surface area contributed by atoms with Crippen LogP contribution >= 0.6 is 22.7 Å². The van der Waals surface area contributed by atoms with Crippen LogP contribution in [0.25, 0.3) is 23.1 Å². The lowest BCUT2D eigenvalue weighted by atomic mass is 9.85. The first-order valence-corrected chi connectivity index (χ1v) is 13.8. The normalized spacial score (nSPS) is 16.5. The summed E-state index contributed by atoms with van der Waals surface area (Å²) in [5, 5.41) is 13.5. The number of aryl methyl sites for hydroxylation is 1. The molecule has 0 spiro atoms. The summed E-state index contributed by atoms with van der Waals surface area (Å²) in [5.41, 5.74) is 4.78. The van der Waals surface area contributed by atoms with Crippen molar-refractivity contribution in [1.29, 1.82) is 0 Å². The molecule has 0 saturated carbocycles. The van der Waals surface area contributed by atoms with Gasteiger partial charge in [-0.3, -0.25) is 19.5 Å². The Labute approximate surface area is 224 Å². The molecule has 1 atom stereocenters. The fourth-order valence-electron chi connectivity index (χ4n) is 5.26. The fraction of sp³-hybridized carbons (Fsp3) is 0.103. The van der Waals surface area contributed by atoms with Gasteiger partial charge in [-0.25, -0.2) is 4.99 Å². The monoisotopic (exact) mass is 537 g/mol. The Hall–Kier alpha value is -4.34. The van der Waals surface area contributed by atoms with E-state index >= 15 is 0 Å². The van der Waals surface area contributed by atoms with Crippen molar-refractivity contribution in [2.75, 3.05) is 0 Å². The lowest BCUT2D eigenvalue weighted by Crippen LogP contribution is -2.38. The highest BCUT2D eigenvalue weighted by Crippen LogP contribution is 2.42. The SMILES string of the molecule is O=c1/c(=C\c2ccc(-c3ccccc3[N+](=O)[O-])o2)sc2n1[C@H](c1cccs1)C1=C(N=2)c2ccccc2CC1. The molecule has 0 radical (unpaired) electrons. The molecule has 3 aromatic heterocycles. The summed E-state index contributed by atoms with van der Waals surface area (Å²) in [4.78, 5) is 31.6. The topological polar surface area (TPSA) is 90.6 Å². The van der Waals surface area contributed by atoms with Gasteiger partial charge in [-0.15, -0.1) is 11.3 Å². The van der Waals surface area contributed by atoms with Crippen LogP contribution < -0.4 is 14.9 Å². The van der Waals surface area contributed by atoms with Crippen LogP contribution in [0.4, 0.5) is 5.69 Å². The van der Waals surface area contributed by atoms with Crippen molar-refractivity contribution in [3.8, 4) is 11.3 Å². The number of allylic oxidation sites excluding steroid dienone is 1. The Bertz CT molecular complexity index is 1940. The Morgan fingerprint density at radius 2 is 1.82 bits per heavy atom. The van der Waals surface area contributed by atoms with Crippen LogP contribution in [0.1, 0.15) is 34.2 Å². The molecule has 0 unspecified atom stereocenters. The van der Waals surface area contributed by atoms with Gasteiger partial charge in [-0.05, 0) is 53.6 Å². The number of thiazole rings is 1. The summed E-state index contributed by atoms with van der Waals surface area (Å²) in [6, 6.07) is 22.1. The minimum absolute atomic E-state index is 0.0328. The first kappa shape index (κ1) is 22.8. The van der Waals surface area contributed by atoms with E-state index in [1.54, 1.807) is 52.3 Å². The van der Waals surface area contributed by atoms with Crippen molar-refractivity contribution >= 4 is 40.1 Å². The fourth-order valence-corrected chi connectivity index (χ4v) is 7.09. The second kappa shape index (κ2) is 8.90. The number of hydrogen-bond donors (Lipinski definition) is 0. The molecule has 1 aliphatic carbocycles. The smallest absolute Gasteiger partial charge is 0.280 e. The number of furan rings is 1. The van der Waals surface area contributed by atoms with Gasteiger partial charge in [0.1, 0.15) is 11.5 Å². The maximum Gasteiger partial charge on any atom is 0.280 e. The van der Waals surface area contributed by atoms with Gasteiger partial charge in [0.05, 0.1) is 26.8 Å². The number of hydrogen-bond acceptors (Lipinski definition) is 7. The summed E-state index contributed by atoms with van der Waals surface area (Å²) in [6.45, 7) is 0. The van der Waals surface area contributed by atoms with Gasteiger partial charge >= 0.3 is 0 Å². The molecule has 2 aromatic carbocycles. The van der Waals surface area contributed by atoms with Crippen molar-refractivity contribution < 1.29 is 9.34 Å². The maximum atomic E-state index is 13.8. The molecule has 7 rings (SSSR count). The number of benzene rings is 2. The van der Waals surface area contributed by atoms with E-state index in [0.717, 1.165) is 29.0 Å². The standard InChI is InChI=1S/C29H19N3O4S2/c33-28-25(16-18-12-14-23(36-18)20-8-3-4-9-22(20)32(34)35)38-29-30-26-19-7-2-1-6-17(19)11-13-21(26)27(31(28)29)24-10-5-15-37-24/h1-10,12,14-16,27H,11,13H2/b25-16+/t27-/m0/s1. The van der Waals surface area contributed by atoms with Crippen molar-refractivity contribution in [3.05, 3.63) is 135 Å². The average molecular weight is 538 g/mol. The van der Waals surface area contributed by atoms with E-state index in [-0.39, 0.29) is 17.3 Å². The average Bonchev–Trinajstić information content (AvgIpc) is 3.69. The molecule has 0 saturated heterocycles. The third kappa shape index (κ3) is 3.62. The molecule has 0 N–H and O–H groups in total. The molecule has 1 aliphatic heterocycles. The molecule has 9 heteroatoms. The van der Waals surface area contributed by atoms with Gasteiger partial charge in [-0.1, -0.05) is 53.8 Å². The Kier molecular flexibility index (Phi) is 5.34. The highest BCUT2D eigenvalue weighted by Gasteiger charge is 2.33. The third-order valence-corrected chi connectivity index (χ3v) is 8.86. The molecule has 4 heterocycles. The predicted octanol–water partition coefficient (Wildman–Crippen LogP) is 5.55. The highest BCUT2D eigenvalue weighted by molar-refractivity contribution is 7.10. The number of fused-ring (bicyclic) bond motifs is 3. The molecule has 2 aliphatic rings. The number of thiophene rings is 1. The van der Waals surface area contributed by atoms with Crippen molar-refractivity contribution in [2.24, 2.45) is 4.99 Å².